The van der Waals surface area contributed by atoms with Crippen molar-refractivity contribution in [1.29, 1.82) is 5.26 Å². The Kier molecular flexibility index (Phi) is 3.45. The van der Waals surface area contributed by atoms with Gasteiger partial charge >= 0.3 is 0 Å². The molecule has 0 spiro atoms. The Labute approximate surface area is 125 Å². The minimum atomic E-state index is -0.272. The van der Waals surface area contributed by atoms with Crippen LogP contribution in [0.25, 0.3) is 11.3 Å². The van der Waals surface area contributed by atoms with E-state index in [1.165, 1.54) is 0 Å². The lowest BCUT2D eigenvalue weighted by molar-refractivity contribution is 0.680. The predicted molar refractivity (Wildman–Crippen MR) is 81.6 cm³/mol. The molecule has 100 valence electrons. The smallest absolute Gasteiger partial charge is 0.266 e. The van der Waals surface area contributed by atoms with E-state index >= 15 is 0 Å². The maximum Gasteiger partial charge on any atom is 0.266 e. The van der Waals surface area contributed by atoms with Crippen LogP contribution in [0.15, 0.2) is 33.5 Å². The number of hydrogen-bond donors (Lipinski definition) is 1. The number of fused-ring (bicyclic) bond motifs is 1. The van der Waals surface area contributed by atoms with Crippen LogP contribution < -0.4 is 5.56 Å². The number of H-pyrrole nitrogens is 1. The molecular weight excluding hydrogens is 317 g/mol. The summed E-state index contributed by atoms with van der Waals surface area (Å²) in [5.74, 6) is 0. The summed E-state index contributed by atoms with van der Waals surface area (Å²) >= 11 is 3.42. The molecule has 0 bridgehead atoms. The minimum absolute atomic E-state index is 0.272. The third-order valence-electron chi connectivity index (χ3n) is 3.78. The molecule has 1 N–H and O–H groups in total. The van der Waals surface area contributed by atoms with Crippen molar-refractivity contribution in [2.75, 3.05) is 0 Å². The Balaban J connectivity index is 2.27. The summed E-state index contributed by atoms with van der Waals surface area (Å²) in [7, 11) is 0. The van der Waals surface area contributed by atoms with Gasteiger partial charge in [-0.25, -0.2) is 0 Å². The summed E-state index contributed by atoms with van der Waals surface area (Å²) < 4.78 is 1.01. The van der Waals surface area contributed by atoms with Crippen molar-refractivity contribution in [1.82, 2.24) is 4.98 Å². The fraction of sp³-hybridized carbons (Fsp3) is 0.250. The van der Waals surface area contributed by atoms with Gasteiger partial charge in [-0.05, 0) is 54.5 Å². The minimum Gasteiger partial charge on any atom is -0.321 e. The lowest BCUT2D eigenvalue weighted by Gasteiger charge is -2.20. The molecule has 0 radical (unpaired) electrons. The summed E-state index contributed by atoms with van der Waals surface area (Å²) in [4.78, 5) is 15.0. The monoisotopic (exact) mass is 329 g/mol. The van der Waals surface area contributed by atoms with Crippen LogP contribution in [0.5, 0.6) is 0 Å². The number of aromatic amines is 1. The largest absolute Gasteiger partial charge is 0.321 e. The standard InChI is InChI=1S/C16H13BrN2O/c17-11-7-5-10(6-8-11)15-13-4-2-1-3-12(13)14(9-18)16(20)19-15/h5-8H,1-4H2,(H,19,20)/i14+1. The molecular formula is C16H13BrN2O. The second kappa shape index (κ2) is 5.26. The van der Waals surface area contributed by atoms with Gasteiger partial charge in [0, 0.05) is 4.47 Å². The van der Waals surface area contributed by atoms with Gasteiger partial charge in [0.1, 0.15) is 11.6 Å². The first-order valence-corrected chi connectivity index (χ1v) is 7.44. The Hall–Kier alpha value is -1.86. The highest BCUT2D eigenvalue weighted by Gasteiger charge is 2.20. The van der Waals surface area contributed by atoms with Gasteiger partial charge in [0.15, 0.2) is 0 Å². The lowest BCUT2D eigenvalue weighted by atomic mass is 9.90. The maximum absolute atomic E-state index is 12.1. The molecule has 1 heterocycles. The SMILES string of the molecule is N#C[13c]1c2c(c(-c3ccc(Br)cc3)[nH]c1=O)CCCC2. The molecule has 20 heavy (non-hydrogen) atoms. The maximum atomic E-state index is 12.1. The van der Waals surface area contributed by atoms with Crippen molar-refractivity contribution in [2.24, 2.45) is 0 Å². The number of halogens is 1. The van der Waals surface area contributed by atoms with E-state index in [2.05, 4.69) is 27.0 Å². The Morgan fingerprint density at radius 3 is 2.40 bits per heavy atom. The molecule has 1 aliphatic carbocycles. The first kappa shape index (κ1) is 13.1. The quantitative estimate of drug-likeness (QED) is 0.869. The summed E-state index contributed by atoms with van der Waals surface area (Å²) in [6.07, 6.45) is 3.90. The summed E-state index contributed by atoms with van der Waals surface area (Å²) in [5.41, 5.74) is 3.96. The van der Waals surface area contributed by atoms with Crippen LogP contribution in [0.4, 0.5) is 0 Å². The number of hydrogen-bond acceptors (Lipinski definition) is 2. The van der Waals surface area contributed by atoms with Crippen LogP contribution in [-0.4, -0.2) is 4.98 Å². The van der Waals surface area contributed by atoms with Gasteiger partial charge in [-0.1, -0.05) is 28.1 Å². The van der Waals surface area contributed by atoms with Crippen molar-refractivity contribution < 1.29 is 0 Å². The van der Waals surface area contributed by atoms with Gasteiger partial charge in [-0.2, -0.15) is 5.26 Å². The van der Waals surface area contributed by atoms with E-state index < -0.39 is 0 Å². The number of nitrogens with one attached hydrogen (secondary N) is 1. The Morgan fingerprint density at radius 1 is 1.10 bits per heavy atom. The zero-order valence-electron chi connectivity index (χ0n) is 10.9. The van der Waals surface area contributed by atoms with Gasteiger partial charge in [0.05, 0.1) is 5.69 Å². The Morgan fingerprint density at radius 2 is 1.75 bits per heavy atom. The van der Waals surface area contributed by atoms with Crippen molar-refractivity contribution in [3.63, 3.8) is 0 Å². The van der Waals surface area contributed by atoms with E-state index in [4.69, 9.17) is 0 Å². The van der Waals surface area contributed by atoms with E-state index in [9.17, 15) is 10.1 Å². The molecule has 4 heteroatoms. The molecule has 1 aliphatic rings. The van der Waals surface area contributed by atoms with E-state index in [-0.39, 0.29) is 5.56 Å². The molecule has 0 fully saturated rings. The molecule has 1 aromatic heterocycles. The molecule has 0 saturated heterocycles. The van der Waals surface area contributed by atoms with Gasteiger partial charge in [-0.3, -0.25) is 4.79 Å². The number of rotatable bonds is 1. The van der Waals surface area contributed by atoms with Gasteiger partial charge in [0.2, 0.25) is 0 Å². The molecule has 0 aliphatic heterocycles. The molecule has 0 unspecified atom stereocenters. The number of nitriles is 1. The predicted octanol–water partition coefficient (Wildman–Crippen LogP) is 3.55. The molecule has 0 atom stereocenters. The second-order valence-electron chi connectivity index (χ2n) is 4.99. The van der Waals surface area contributed by atoms with E-state index in [0.717, 1.165) is 52.5 Å². The fourth-order valence-corrected chi connectivity index (χ4v) is 3.09. The number of pyridine rings is 1. The van der Waals surface area contributed by atoms with Gasteiger partial charge in [0.25, 0.3) is 5.56 Å². The topological polar surface area (TPSA) is 56.6 Å². The van der Waals surface area contributed by atoms with E-state index in [0.29, 0.717) is 5.56 Å². The van der Waals surface area contributed by atoms with Gasteiger partial charge in [-0.15, -0.1) is 0 Å². The highest BCUT2D eigenvalue weighted by atomic mass is 79.9. The normalized spacial score (nSPS) is 13.6. The number of nitrogens with zero attached hydrogens (tertiary/aromatic N) is 1. The van der Waals surface area contributed by atoms with E-state index in [1.54, 1.807) is 0 Å². The van der Waals surface area contributed by atoms with Crippen LogP contribution in [0.1, 0.15) is 29.5 Å². The molecule has 2 aromatic rings. The molecule has 1 aromatic carbocycles. The van der Waals surface area contributed by atoms with Crippen LogP contribution in [0.2, 0.25) is 0 Å². The molecule has 3 nitrogen and oxygen atoms in total. The third-order valence-corrected chi connectivity index (χ3v) is 4.31. The molecule has 3 rings (SSSR count). The van der Waals surface area contributed by atoms with Crippen LogP contribution in [-0.2, 0) is 12.8 Å². The second-order valence-corrected chi connectivity index (χ2v) is 5.90. The zero-order chi connectivity index (χ0) is 14.1. The van der Waals surface area contributed by atoms with Gasteiger partial charge < -0.3 is 4.98 Å². The third kappa shape index (κ3) is 2.19. The zero-order valence-corrected chi connectivity index (χ0v) is 12.5. The fourth-order valence-electron chi connectivity index (χ4n) is 2.83. The van der Waals surface area contributed by atoms with Crippen LogP contribution in [0, 0.1) is 11.3 Å². The van der Waals surface area contributed by atoms with Crippen molar-refractivity contribution in [2.45, 2.75) is 25.7 Å². The lowest BCUT2D eigenvalue weighted by Crippen LogP contribution is -2.20. The molecule has 0 amide bonds. The summed E-state index contributed by atoms with van der Waals surface area (Å²) in [5, 5.41) is 9.20. The van der Waals surface area contributed by atoms with Crippen molar-refractivity contribution in [3.05, 3.63) is 55.8 Å². The Bertz CT molecular complexity index is 754. The number of benzene rings is 1. The summed E-state index contributed by atoms with van der Waals surface area (Å²) in [6, 6.07) is 9.94. The average Bonchev–Trinajstić information content (AvgIpc) is 2.47. The van der Waals surface area contributed by atoms with Crippen LogP contribution in [0.3, 0.4) is 0 Å². The molecule has 0 saturated carbocycles. The number of aromatic nitrogens is 1. The average molecular weight is 330 g/mol. The van der Waals surface area contributed by atoms with Crippen LogP contribution >= 0.6 is 15.9 Å². The highest BCUT2D eigenvalue weighted by molar-refractivity contribution is 9.10. The first-order chi connectivity index (χ1) is 9.70. The highest BCUT2D eigenvalue weighted by Crippen LogP contribution is 2.30. The van der Waals surface area contributed by atoms with Crippen molar-refractivity contribution in [3.8, 4) is 17.3 Å². The van der Waals surface area contributed by atoms with Crippen molar-refractivity contribution >= 4 is 15.9 Å². The van der Waals surface area contributed by atoms with E-state index in [1.807, 2.05) is 24.3 Å². The first-order valence-electron chi connectivity index (χ1n) is 6.65. The summed E-state index contributed by atoms with van der Waals surface area (Å²) in [6.45, 7) is 0.